The molecule has 1 aromatic heterocycles. The van der Waals surface area contributed by atoms with Crippen LogP contribution in [0.5, 0.6) is 0 Å². The minimum atomic E-state index is 0.112. The van der Waals surface area contributed by atoms with Crippen LogP contribution in [0.3, 0.4) is 0 Å². The van der Waals surface area contributed by atoms with Crippen molar-refractivity contribution in [2.24, 2.45) is 0 Å². The van der Waals surface area contributed by atoms with Gasteiger partial charge in [-0.1, -0.05) is 44.2 Å². The van der Waals surface area contributed by atoms with Crippen molar-refractivity contribution in [3.8, 4) is 0 Å². The molecule has 0 spiro atoms. The van der Waals surface area contributed by atoms with Crippen LogP contribution in [0.15, 0.2) is 47.3 Å². The van der Waals surface area contributed by atoms with Crippen molar-refractivity contribution in [2.45, 2.75) is 25.8 Å². The van der Waals surface area contributed by atoms with Crippen LogP contribution in [0.1, 0.15) is 25.2 Å². The molecule has 3 nitrogen and oxygen atoms in total. The van der Waals surface area contributed by atoms with Crippen molar-refractivity contribution in [2.75, 3.05) is 6.54 Å². The summed E-state index contributed by atoms with van der Waals surface area (Å²) in [5.41, 5.74) is 1.45. The number of hydrogen-bond acceptors (Lipinski definition) is 3. The first-order chi connectivity index (χ1) is 8.18. The molecule has 1 heterocycles. The highest BCUT2D eigenvalue weighted by Crippen LogP contribution is 2.21. The molecule has 0 amide bonds. The van der Waals surface area contributed by atoms with Crippen LogP contribution < -0.4 is 5.32 Å². The fourth-order valence-corrected chi connectivity index (χ4v) is 1.82. The summed E-state index contributed by atoms with van der Waals surface area (Å²) in [6, 6.07) is 10.5. The largest absolute Gasteiger partial charge is 0.447 e. The van der Waals surface area contributed by atoms with Crippen LogP contribution >= 0.6 is 0 Å². The van der Waals surface area contributed by atoms with Gasteiger partial charge in [0.05, 0.1) is 12.7 Å². The Hall–Kier alpha value is -1.61. The van der Waals surface area contributed by atoms with Crippen LogP contribution in [0.25, 0.3) is 0 Å². The Morgan fingerprint density at radius 2 is 2.00 bits per heavy atom. The zero-order valence-corrected chi connectivity index (χ0v) is 10.3. The van der Waals surface area contributed by atoms with Crippen LogP contribution in [-0.4, -0.2) is 11.5 Å². The van der Waals surface area contributed by atoms with Gasteiger partial charge in [0.1, 0.15) is 5.76 Å². The molecular formula is C14H18N2O. The number of rotatable bonds is 5. The SMILES string of the molecule is CC(C)(CNCc1cnco1)c1ccccc1. The van der Waals surface area contributed by atoms with E-state index in [1.807, 2.05) is 6.07 Å². The predicted octanol–water partition coefficient (Wildman–Crippen LogP) is 2.74. The van der Waals surface area contributed by atoms with E-state index in [0.29, 0.717) is 0 Å². The molecule has 0 atom stereocenters. The molecule has 3 heteroatoms. The van der Waals surface area contributed by atoms with E-state index in [1.54, 1.807) is 6.20 Å². The Morgan fingerprint density at radius 1 is 1.24 bits per heavy atom. The van der Waals surface area contributed by atoms with Crippen LogP contribution in [0, 0.1) is 0 Å². The summed E-state index contributed by atoms with van der Waals surface area (Å²) in [6.07, 6.45) is 3.20. The third-order valence-corrected chi connectivity index (χ3v) is 2.90. The molecule has 0 bridgehead atoms. The molecule has 0 unspecified atom stereocenters. The molecule has 2 rings (SSSR count). The molecule has 0 saturated carbocycles. The van der Waals surface area contributed by atoms with E-state index in [1.165, 1.54) is 12.0 Å². The van der Waals surface area contributed by atoms with Crippen molar-refractivity contribution >= 4 is 0 Å². The Labute approximate surface area is 102 Å². The number of aromatic nitrogens is 1. The summed E-state index contributed by atoms with van der Waals surface area (Å²) in [5, 5.41) is 3.39. The summed E-state index contributed by atoms with van der Waals surface area (Å²) < 4.78 is 5.18. The Bertz CT molecular complexity index is 435. The highest BCUT2D eigenvalue weighted by Gasteiger charge is 2.19. The zero-order chi connectivity index (χ0) is 12.1. The van der Waals surface area contributed by atoms with Gasteiger partial charge in [0.15, 0.2) is 6.39 Å². The third-order valence-electron chi connectivity index (χ3n) is 2.90. The highest BCUT2D eigenvalue weighted by atomic mass is 16.3. The summed E-state index contributed by atoms with van der Waals surface area (Å²) >= 11 is 0. The molecule has 0 aliphatic carbocycles. The Morgan fingerprint density at radius 3 is 2.65 bits per heavy atom. The van der Waals surface area contributed by atoms with E-state index >= 15 is 0 Å². The average Bonchev–Trinajstić information content (AvgIpc) is 2.83. The second-order valence-electron chi connectivity index (χ2n) is 4.82. The first-order valence-electron chi connectivity index (χ1n) is 5.82. The quantitative estimate of drug-likeness (QED) is 0.858. The summed E-state index contributed by atoms with van der Waals surface area (Å²) in [6.45, 7) is 6.08. The molecule has 90 valence electrons. The molecule has 0 radical (unpaired) electrons. The van der Waals surface area contributed by atoms with Gasteiger partial charge in [-0.05, 0) is 5.56 Å². The topological polar surface area (TPSA) is 38.1 Å². The molecule has 2 aromatic rings. The van der Waals surface area contributed by atoms with E-state index in [0.717, 1.165) is 18.8 Å². The van der Waals surface area contributed by atoms with Crippen LogP contribution in [-0.2, 0) is 12.0 Å². The van der Waals surface area contributed by atoms with E-state index in [2.05, 4.69) is 48.4 Å². The molecular weight excluding hydrogens is 212 g/mol. The minimum absolute atomic E-state index is 0.112. The normalized spacial score (nSPS) is 11.6. The molecule has 1 aromatic carbocycles. The van der Waals surface area contributed by atoms with Crippen LogP contribution in [0.2, 0.25) is 0 Å². The second kappa shape index (κ2) is 5.15. The van der Waals surface area contributed by atoms with Gasteiger partial charge in [0, 0.05) is 12.0 Å². The van der Waals surface area contributed by atoms with E-state index in [9.17, 15) is 0 Å². The van der Waals surface area contributed by atoms with Gasteiger partial charge >= 0.3 is 0 Å². The van der Waals surface area contributed by atoms with Gasteiger partial charge < -0.3 is 9.73 Å². The number of hydrogen-bond donors (Lipinski definition) is 1. The number of oxazole rings is 1. The molecule has 1 N–H and O–H groups in total. The fraction of sp³-hybridized carbons (Fsp3) is 0.357. The lowest BCUT2D eigenvalue weighted by Crippen LogP contribution is -2.32. The van der Waals surface area contributed by atoms with Crippen molar-refractivity contribution < 1.29 is 4.42 Å². The van der Waals surface area contributed by atoms with Gasteiger partial charge in [0.25, 0.3) is 0 Å². The van der Waals surface area contributed by atoms with E-state index in [-0.39, 0.29) is 5.41 Å². The van der Waals surface area contributed by atoms with Gasteiger partial charge in [0.2, 0.25) is 0 Å². The zero-order valence-electron chi connectivity index (χ0n) is 10.3. The molecule has 17 heavy (non-hydrogen) atoms. The van der Waals surface area contributed by atoms with Crippen molar-refractivity contribution in [3.05, 3.63) is 54.2 Å². The smallest absolute Gasteiger partial charge is 0.180 e. The lowest BCUT2D eigenvalue weighted by molar-refractivity contribution is 0.431. The molecule has 0 saturated heterocycles. The maximum absolute atomic E-state index is 5.18. The Kier molecular flexibility index (Phi) is 3.59. The van der Waals surface area contributed by atoms with E-state index in [4.69, 9.17) is 4.42 Å². The number of nitrogens with one attached hydrogen (secondary N) is 1. The maximum atomic E-state index is 5.18. The summed E-state index contributed by atoms with van der Waals surface area (Å²) in [5.74, 6) is 0.869. The molecule has 0 aliphatic heterocycles. The summed E-state index contributed by atoms with van der Waals surface area (Å²) in [4.78, 5) is 3.89. The van der Waals surface area contributed by atoms with Crippen LogP contribution in [0.4, 0.5) is 0 Å². The van der Waals surface area contributed by atoms with Crippen molar-refractivity contribution in [1.29, 1.82) is 0 Å². The average molecular weight is 230 g/mol. The molecule has 0 fully saturated rings. The van der Waals surface area contributed by atoms with Gasteiger partial charge in [-0.25, -0.2) is 4.98 Å². The van der Waals surface area contributed by atoms with Gasteiger partial charge in [-0.2, -0.15) is 0 Å². The number of nitrogens with zero attached hydrogens (tertiary/aromatic N) is 1. The maximum Gasteiger partial charge on any atom is 0.180 e. The fourth-order valence-electron chi connectivity index (χ4n) is 1.82. The van der Waals surface area contributed by atoms with Gasteiger partial charge in [-0.15, -0.1) is 0 Å². The standard InChI is InChI=1S/C14H18N2O/c1-14(2,12-6-4-3-5-7-12)10-15-8-13-9-16-11-17-13/h3-7,9,11,15H,8,10H2,1-2H3. The first kappa shape index (κ1) is 11.9. The summed E-state index contributed by atoms with van der Waals surface area (Å²) in [7, 11) is 0. The minimum Gasteiger partial charge on any atom is -0.447 e. The second-order valence-corrected chi connectivity index (χ2v) is 4.82. The predicted molar refractivity (Wildman–Crippen MR) is 67.7 cm³/mol. The van der Waals surface area contributed by atoms with Crippen molar-refractivity contribution in [1.82, 2.24) is 10.3 Å². The lowest BCUT2D eigenvalue weighted by Gasteiger charge is -2.25. The number of benzene rings is 1. The Balaban J connectivity index is 1.90. The first-order valence-corrected chi connectivity index (χ1v) is 5.82. The monoisotopic (exact) mass is 230 g/mol. The van der Waals surface area contributed by atoms with Crippen molar-refractivity contribution in [3.63, 3.8) is 0 Å². The van der Waals surface area contributed by atoms with Gasteiger partial charge in [-0.3, -0.25) is 0 Å². The molecule has 0 aliphatic rings. The lowest BCUT2D eigenvalue weighted by atomic mass is 9.84. The third kappa shape index (κ3) is 3.17. The van der Waals surface area contributed by atoms with E-state index < -0.39 is 0 Å². The highest BCUT2D eigenvalue weighted by molar-refractivity contribution is 5.23.